The van der Waals surface area contributed by atoms with Gasteiger partial charge in [0.1, 0.15) is 6.20 Å². The Labute approximate surface area is 137 Å². The van der Waals surface area contributed by atoms with Crippen LogP contribution in [0, 0.1) is 0 Å². The number of hydrogen-bond donors (Lipinski definition) is 2. The van der Waals surface area contributed by atoms with E-state index in [1.807, 2.05) is 48.8 Å². The molecule has 0 aromatic heterocycles. The number of nitrogens with two attached hydrogens (primary N) is 2. The van der Waals surface area contributed by atoms with Crippen LogP contribution in [0.1, 0.15) is 6.92 Å². The summed E-state index contributed by atoms with van der Waals surface area (Å²) >= 11 is 0. The number of benzene rings is 1. The molecule has 1 aromatic carbocycles. The Morgan fingerprint density at radius 2 is 2.00 bits per heavy atom. The quantitative estimate of drug-likeness (QED) is 0.310. The van der Waals surface area contributed by atoms with Crippen molar-refractivity contribution in [2.24, 2.45) is 5.10 Å². The molecule has 0 saturated carbocycles. The van der Waals surface area contributed by atoms with E-state index >= 15 is 0 Å². The Morgan fingerprint density at radius 3 is 2.57 bits per heavy atom. The molecule has 0 aliphatic rings. The Balaban J connectivity index is 2.94. The van der Waals surface area contributed by atoms with Gasteiger partial charge in [-0.1, -0.05) is 0 Å². The number of hydrazone groups is 1. The largest absolute Gasteiger partial charge is 0.461 e. The first kappa shape index (κ1) is 18.5. The van der Waals surface area contributed by atoms with Gasteiger partial charge in [-0.2, -0.15) is 5.10 Å². The SMILES string of the molecule is CCOC(=O)/C(CN(C)/C=C\[NH2+]C)=N\N(C)c1ccc(N)cc1. The van der Waals surface area contributed by atoms with Gasteiger partial charge in [-0.05, 0) is 31.2 Å². The lowest BCUT2D eigenvalue weighted by Crippen LogP contribution is -2.72. The van der Waals surface area contributed by atoms with Crippen LogP contribution in [0.15, 0.2) is 41.8 Å². The zero-order valence-electron chi connectivity index (χ0n) is 14.2. The number of nitrogens with zero attached hydrogens (tertiary/aromatic N) is 3. The standard InChI is InChI=1S/C16H25N5O2/c1-5-23-16(22)15(12-20(3)11-10-18-2)19-21(4)14-8-6-13(17)7-9-14/h6-11,18H,5,12,17H2,1-4H3/p+1/b11-10-,19-15-. The van der Waals surface area contributed by atoms with Crippen LogP contribution in [0.25, 0.3) is 0 Å². The molecule has 0 saturated heterocycles. The average Bonchev–Trinajstić information content (AvgIpc) is 2.53. The van der Waals surface area contributed by atoms with E-state index in [-0.39, 0.29) is 0 Å². The first-order valence-corrected chi connectivity index (χ1v) is 7.48. The molecule has 0 fully saturated rings. The topological polar surface area (TPSA) is 87.8 Å². The van der Waals surface area contributed by atoms with Crippen LogP contribution in [-0.2, 0) is 9.53 Å². The second kappa shape index (κ2) is 9.47. The van der Waals surface area contributed by atoms with E-state index in [0.29, 0.717) is 24.6 Å². The number of anilines is 2. The van der Waals surface area contributed by atoms with E-state index in [1.54, 1.807) is 31.1 Å². The fraction of sp³-hybridized carbons (Fsp3) is 0.375. The highest BCUT2D eigenvalue weighted by Gasteiger charge is 2.16. The van der Waals surface area contributed by atoms with Crippen LogP contribution in [0.3, 0.4) is 0 Å². The zero-order chi connectivity index (χ0) is 17.2. The molecule has 1 rings (SSSR count). The fourth-order valence-corrected chi connectivity index (χ4v) is 1.80. The number of ether oxygens (including phenoxy) is 1. The number of rotatable bonds is 8. The predicted molar refractivity (Wildman–Crippen MR) is 92.9 cm³/mol. The third-order valence-electron chi connectivity index (χ3n) is 2.98. The molecular weight excluding hydrogens is 294 g/mol. The third-order valence-corrected chi connectivity index (χ3v) is 2.98. The number of esters is 1. The lowest BCUT2D eigenvalue weighted by atomic mass is 10.3. The summed E-state index contributed by atoms with van der Waals surface area (Å²) in [7, 11) is 5.58. The molecule has 0 amide bonds. The van der Waals surface area contributed by atoms with E-state index in [1.165, 1.54) is 0 Å². The van der Waals surface area contributed by atoms with Gasteiger partial charge in [-0.3, -0.25) is 5.01 Å². The van der Waals surface area contributed by atoms with Crippen molar-refractivity contribution >= 4 is 23.1 Å². The van der Waals surface area contributed by atoms with Crippen LogP contribution < -0.4 is 16.1 Å². The van der Waals surface area contributed by atoms with Crippen LogP contribution in [0.2, 0.25) is 0 Å². The summed E-state index contributed by atoms with van der Waals surface area (Å²) < 4.78 is 5.09. The number of nitrogen functional groups attached to an aromatic ring is 1. The molecule has 23 heavy (non-hydrogen) atoms. The number of hydrogen-bond acceptors (Lipinski definition) is 6. The molecule has 7 heteroatoms. The average molecular weight is 320 g/mol. The van der Waals surface area contributed by atoms with Crippen molar-refractivity contribution in [3.8, 4) is 0 Å². The first-order valence-electron chi connectivity index (χ1n) is 7.48. The highest BCUT2D eigenvalue weighted by Crippen LogP contribution is 2.15. The molecule has 0 bridgehead atoms. The summed E-state index contributed by atoms with van der Waals surface area (Å²) in [5, 5.41) is 7.94. The van der Waals surface area contributed by atoms with E-state index in [9.17, 15) is 4.79 Å². The van der Waals surface area contributed by atoms with Gasteiger partial charge in [0, 0.05) is 19.8 Å². The van der Waals surface area contributed by atoms with Gasteiger partial charge in [-0.15, -0.1) is 0 Å². The molecule has 4 N–H and O–H groups in total. The van der Waals surface area contributed by atoms with Crippen molar-refractivity contribution in [2.45, 2.75) is 6.92 Å². The molecule has 0 aliphatic heterocycles. The first-order chi connectivity index (χ1) is 11.0. The molecular formula is C16H26N5O2+. The van der Waals surface area contributed by atoms with Crippen LogP contribution in [0.4, 0.5) is 11.4 Å². The predicted octanol–water partition coefficient (Wildman–Crippen LogP) is 0.220. The number of quaternary nitrogens is 1. The van der Waals surface area contributed by atoms with E-state index < -0.39 is 5.97 Å². The van der Waals surface area contributed by atoms with Crippen LogP contribution in [-0.4, -0.2) is 50.9 Å². The van der Waals surface area contributed by atoms with Gasteiger partial charge in [0.05, 0.1) is 32.1 Å². The molecule has 0 unspecified atom stereocenters. The maximum absolute atomic E-state index is 12.1. The minimum absolute atomic E-state index is 0.311. The maximum Gasteiger partial charge on any atom is 0.356 e. The summed E-state index contributed by atoms with van der Waals surface area (Å²) in [5.41, 5.74) is 7.52. The molecule has 1 aromatic rings. The van der Waals surface area contributed by atoms with Gasteiger partial charge in [-0.25, -0.2) is 4.79 Å². The number of carbonyl (C=O) groups is 1. The van der Waals surface area contributed by atoms with Crippen molar-refractivity contribution < 1.29 is 14.8 Å². The lowest BCUT2D eigenvalue weighted by molar-refractivity contribution is -0.557. The van der Waals surface area contributed by atoms with Gasteiger partial charge in [0.15, 0.2) is 5.71 Å². The second-order valence-corrected chi connectivity index (χ2v) is 4.97. The zero-order valence-corrected chi connectivity index (χ0v) is 14.2. The van der Waals surface area contributed by atoms with E-state index in [4.69, 9.17) is 10.5 Å². The minimum Gasteiger partial charge on any atom is -0.461 e. The Bertz CT molecular complexity index is 554. The molecule has 0 aliphatic carbocycles. The van der Waals surface area contributed by atoms with Crippen LogP contribution >= 0.6 is 0 Å². The third kappa shape index (κ3) is 6.39. The molecule has 7 nitrogen and oxygen atoms in total. The van der Waals surface area contributed by atoms with Crippen molar-refractivity contribution in [3.05, 3.63) is 36.7 Å². The van der Waals surface area contributed by atoms with Gasteiger partial charge in [0.25, 0.3) is 0 Å². The Hall–Kier alpha value is -2.54. The minimum atomic E-state index is -0.421. The molecule has 0 radical (unpaired) electrons. The summed E-state index contributed by atoms with van der Waals surface area (Å²) in [6.45, 7) is 2.43. The number of carbonyl (C=O) groups excluding carboxylic acids is 1. The summed E-state index contributed by atoms with van der Waals surface area (Å²) in [6, 6.07) is 7.27. The Morgan fingerprint density at radius 1 is 1.35 bits per heavy atom. The molecule has 126 valence electrons. The molecule has 0 atom stereocenters. The lowest BCUT2D eigenvalue weighted by Gasteiger charge is -2.18. The van der Waals surface area contributed by atoms with E-state index in [0.717, 1.165) is 5.69 Å². The van der Waals surface area contributed by atoms with Crippen molar-refractivity contribution in [1.82, 2.24) is 4.90 Å². The van der Waals surface area contributed by atoms with Crippen molar-refractivity contribution in [2.75, 3.05) is 45.0 Å². The highest BCUT2D eigenvalue weighted by atomic mass is 16.5. The Kier molecular flexibility index (Phi) is 7.62. The normalized spacial score (nSPS) is 11.6. The highest BCUT2D eigenvalue weighted by molar-refractivity contribution is 6.37. The van der Waals surface area contributed by atoms with Gasteiger partial charge < -0.3 is 20.7 Å². The summed E-state index contributed by atoms with van der Waals surface area (Å²) in [5.74, 6) is -0.421. The molecule has 0 spiro atoms. The summed E-state index contributed by atoms with van der Waals surface area (Å²) in [4.78, 5) is 14.0. The molecule has 0 heterocycles. The fourth-order valence-electron chi connectivity index (χ4n) is 1.80. The summed E-state index contributed by atoms with van der Waals surface area (Å²) in [6.07, 6.45) is 3.77. The smallest absolute Gasteiger partial charge is 0.356 e. The second-order valence-electron chi connectivity index (χ2n) is 4.97. The van der Waals surface area contributed by atoms with Gasteiger partial charge in [0.2, 0.25) is 0 Å². The van der Waals surface area contributed by atoms with Crippen LogP contribution in [0.5, 0.6) is 0 Å². The van der Waals surface area contributed by atoms with Crippen molar-refractivity contribution in [3.63, 3.8) is 0 Å². The van der Waals surface area contributed by atoms with Gasteiger partial charge >= 0.3 is 5.97 Å². The van der Waals surface area contributed by atoms with Crippen molar-refractivity contribution in [1.29, 1.82) is 0 Å². The van der Waals surface area contributed by atoms with E-state index in [2.05, 4.69) is 5.10 Å². The maximum atomic E-state index is 12.1. The monoisotopic (exact) mass is 320 g/mol.